The Hall–Kier alpha value is -2.96. The summed E-state index contributed by atoms with van der Waals surface area (Å²) in [6.45, 7) is 0.476. The van der Waals surface area contributed by atoms with Crippen molar-refractivity contribution in [2.24, 2.45) is 0 Å². The number of nitrogens with one attached hydrogen (secondary N) is 2. The number of hydrogen-bond donors (Lipinski definition) is 2. The van der Waals surface area contributed by atoms with E-state index < -0.39 is 12.1 Å². The minimum atomic E-state index is -4.84. The number of aromatic nitrogens is 1. The molecule has 1 unspecified atom stereocenters. The van der Waals surface area contributed by atoms with Gasteiger partial charge >= 0.3 is 12.1 Å². The maximum Gasteiger partial charge on any atom is 0.471 e. The van der Waals surface area contributed by atoms with Crippen molar-refractivity contribution in [2.45, 2.75) is 31.4 Å². The van der Waals surface area contributed by atoms with Crippen molar-refractivity contribution in [3.63, 3.8) is 0 Å². The summed E-state index contributed by atoms with van der Waals surface area (Å²) in [4.78, 5) is 14.1. The van der Waals surface area contributed by atoms with Crippen molar-refractivity contribution < 1.29 is 22.7 Å². The normalized spacial score (nSPS) is 12.7. The van der Waals surface area contributed by atoms with E-state index in [9.17, 15) is 18.0 Å². The third kappa shape index (κ3) is 5.76. The molecule has 0 saturated heterocycles. The highest BCUT2D eigenvalue weighted by Gasteiger charge is 2.38. The van der Waals surface area contributed by atoms with Gasteiger partial charge in [-0.25, -0.2) is 0 Å². The molecule has 3 rings (SSSR count). The molecule has 3 aromatic rings. The number of ether oxygens (including phenoxy) is 1. The van der Waals surface area contributed by atoms with E-state index in [-0.39, 0.29) is 12.5 Å². The molecule has 2 aromatic carbocycles. The van der Waals surface area contributed by atoms with Crippen LogP contribution in [0.1, 0.15) is 30.7 Å². The summed E-state index contributed by atoms with van der Waals surface area (Å²) in [6, 6.07) is 17.6. The van der Waals surface area contributed by atoms with Crippen molar-refractivity contribution in [3.8, 4) is 5.75 Å². The first kappa shape index (κ1) is 20.8. The molecule has 0 spiro atoms. The zero-order chi connectivity index (χ0) is 20.7. The average molecular weight is 404 g/mol. The highest BCUT2D eigenvalue weighted by atomic mass is 19.4. The molecule has 4 nitrogen and oxygen atoms in total. The van der Waals surface area contributed by atoms with Gasteiger partial charge in [-0.2, -0.15) is 13.2 Å². The molecule has 1 heterocycles. The van der Waals surface area contributed by atoms with Crippen LogP contribution in [-0.4, -0.2) is 30.2 Å². The second-order valence-corrected chi connectivity index (χ2v) is 6.84. The van der Waals surface area contributed by atoms with Gasteiger partial charge in [0.05, 0.1) is 6.61 Å². The quantitative estimate of drug-likeness (QED) is 0.483. The van der Waals surface area contributed by atoms with Gasteiger partial charge in [0.25, 0.3) is 0 Å². The maximum atomic E-state index is 12.3. The van der Waals surface area contributed by atoms with E-state index in [0.29, 0.717) is 19.4 Å². The lowest BCUT2D eigenvalue weighted by molar-refractivity contribution is -0.173. The van der Waals surface area contributed by atoms with Crippen LogP contribution in [0.3, 0.4) is 0 Å². The van der Waals surface area contributed by atoms with Crippen LogP contribution in [0.2, 0.25) is 0 Å². The molecule has 29 heavy (non-hydrogen) atoms. The van der Waals surface area contributed by atoms with Gasteiger partial charge in [-0.15, -0.1) is 0 Å². The summed E-state index contributed by atoms with van der Waals surface area (Å²) in [5.74, 6) is -0.964. The number of amides is 1. The third-order valence-electron chi connectivity index (χ3n) is 4.82. The van der Waals surface area contributed by atoms with Gasteiger partial charge in [-0.05, 0) is 48.9 Å². The number of hydrogen-bond acceptors (Lipinski definition) is 2. The predicted octanol–water partition coefficient (Wildman–Crippen LogP) is 5.18. The number of rotatable bonds is 9. The summed E-state index contributed by atoms with van der Waals surface area (Å²) in [5, 5.41) is 2.94. The van der Waals surface area contributed by atoms with Crippen LogP contribution in [-0.2, 0) is 4.79 Å². The smallest absolute Gasteiger partial charge is 0.471 e. The number of H-pyrrole nitrogens is 1. The van der Waals surface area contributed by atoms with Gasteiger partial charge in [-0.1, -0.05) is 36.4 Å². The first-order valence-electron chi connectivity index (χ1n) is 9.54. The molecule has 0 aliphatic heterocycles. The molecule has 0 saturated carbocycles. The molecular weight excluding hydrogens is 381 g/mol. The summed E-state index contributed by atoms with van der Waals surface area (Å²) in [6.07, 6.45) is -1.15. The number of fused-ring (bicyclic) bond motifs is 1. The highest BCUT2D eigenvalue weighted by Crippen LogP contribution is 2.28. The molecule has 0 bridgehead atoms. The molecule has 0 aliphatic rings. The van der Waals surface area contributed by atoms with Crippen LogP contribution in [0, 0.1) is 0 Å². The molecule has 1 amide bonds. The number of carbonyl (C=O) groups excluding carboxylic acids is 1. The van der Waals surface area contributed by atoms with Crippen LogP contribution < -0.4 is 10.1 Å². The van der Waals surface area contributed by atoms with E-state index in [1.807, 2.05) is 66.1 Å². The Bertz CT molecular complexity index is 922. The number of benzene rings is 2. The minimum Gasteiger partial charge on any atom is -0.493 e. The Balaban J connectivity index is 1.55. The van der Waals surface area contributed by atoms with E-state index in [4.69, 9.17) is 4.74 Å². The Labute approximate surface area is 167 Å². The molecule has 0 aliphatic carbocycles. The molecule has 7 heteroatoms. The molecular formula is C22H23F3N2O2. The first-order valence-corrected chi connectivity index (χ1v) is 9.54. The molecule has 154 valence electrons. The van der Waals surface area contributed by atoms with E-state index in [2.05, 4.69) is 4.98 Å². The van der Waals surface area contributed by atoms with E-state index >= 15 is 0 Å². The molecule has 0 fully saturated rings. The predicted molar refractivity (Wildman–Crippen MR) is 106 cm³/mol. The van der Waals surface area contributed by atoms with Gasteiger partial charge in [0.1, 0.15) is 5.75 Å². The molecule has 2 N–H and O–H groups in total. The van der Waals surface area contributed by atoms with Crippen LogP contribution >= 0.6 is 0 Å². The lowest BCUT2D eigenvalue weighted by atomic mass is 9.91. The third-order valence-corrected chi connectivity index (χ3v) is 4.82. The fourth-order valence-electron chi connectivity index (χ4n) is 3.35. The Morgan fingerprint density at radius 1 is 1.03 bits per heavy atom. The van der Waals surface area contributed by atoms with Gasteiger partial charge in [0.2, 0.25) is 0 Å². The Morgan fingerprint density at radius 3 is 2.59 bits per heavy atom. The monoisotopic (exact) mass is 404 g/mol. The number of carbonyl (C=O) groups is 1. The molecule has 1 aromatic heterocycles. The lowest BCUT2D eigenvalue weighted by Crippen LogP contribution is -2.37. The van der Waals surface area contributed by atoms with E-state index in [1.54, 1.807) is 0 Å². The Kier molecular flexibility index (Phi) is 6.80. The van der Waals surface area contributed by atoms with Gasteiger partial charge in [0, 0.05) is 23.6 Å². The van der Waals surface area contributed by atoms with Crippen molar-refractivity contribution >= 4 is 16.8 Å². The summed E-state index contributed by atoms with van der Waals surface area (Å²) in [5.41, 5.74) is 2.11. The van der Waals surface area contributed by atoms with Crippen molar-refractivity contribution in [2.75, 3.05) is 13.2 Å². The van der Waals surface area contributed by atoms with Crippen molar-refractivity contribution in [3.05, 3.63) is 66.4 Å². The Morgan fingerprint density at radius 2 is 1.83 bits per heavy atom. The average Bonchev–Trinajstić information content (AvgIpc) is 3.19. The lowest BCUT2D eigenvalue weighted by Gasteiger charge is -2.18. The SMILES string of the molecule is O=C(NCCCC(CCOc1cccc2[nH]ccc12)c1ccccc1)C(F)(F)F. The summed E-state index contributed by atoms with van der Waals surface area (Å²) >= 11 is 0. The number of alkyl halides is 3. The number of aromatic amines is 1. The van der Waals surface area contributed by atoms with Crippen LogP contribution in [0.25, 0.3) is 10.9 Å². The topological polar surface area (TPSA) is 54.1 Å². The highest BCUT2D eigenvalue weighted by molar-refractivity contribution is 5.85. The minimum absolute atomic E-state index is 0.00874. The van der Waals surface area contributed by atoms with Crippen LogP contribution in [0.5, 0.6) is 5.75 Å². The van der Waals surface area contributed by atoms with Gasteiger partial charge in [0.15, 0.2) is 0 Å². The van der Waals surface area contributed by atoms with E-state index in [0.717, 1.165) is 28.6 Å². The fourth-order valence-corrected chi connectivity index (χ4v) is 3.35. The first-order chi connectivity index (χ1) is 13.9. The standard InChI is InChI=1S/C22H23F3N2O2/c23-22(24,25)21(28)27-13-5-8-17(16-6-2-1-3-7-16)12-15-29-20-10-4-9-19-18(20)11-14-26-19/h1-4,6-7,9-11,14,17,26H,5,8,12-13,15H2,(H,27,28). The molecule has 1 atom stereocenters. The van der Waals surface area contributed by atoms with Crippen molar-refractivity contribution in [1.29, 1.82) is 0 Å². The summed E-state index contributed by atoms with van der Waals surface area (Å²) in [7, 11) is 0. The largest absolute Gasteiger partial charge is 0.493 e. The fraction of sp³-hybridized carbons (Fsp3) is 0.318. The maximum absolute atomic E-state index is 12.3. The second kappa shape index (κ2) is 9.49. The van der Waals surface area contributed by atoms with E-state index in [1.165, 1.54) is 0 Å². The van der Waals surface area contributed by atoms with Gasteiger partial charge < -0.3 is 15.0 Å². The number of halogens is 3. The van der Waals surface area contributed by atoms with Gasteiger partial charge in [-0.3, -0.25) is 4.79 Å². The molecule has 0 radical (unpaired) electrons. The summed E-state index contributed by atoms with van der Waals surface area (Å²) < 4.78 is 42.8. The van der Waals surface area contributed by atoms with Crippen LogP contribution in [0.4, 0.5) is 13.2 Å². The zero-order valence-corrected chi connectivity index (χ0v) is 15.8. The van der Waals surface area contributed by atoms with Crippen LogP contribution in [0.15, 0.2) is 60.8 Å². The second-order valence-electron chi connectivity index (χ2n) is 6.84. The van der Waals surface area contributed by atoms with Crippen molar-refractivity contribution in [1.82, 2.24) is 10.3 Å². The zero-order valence-electron chi connectivity index (χ0n) is 15.8.